The second-order valence-electron chi connectivity index (χ2n) is 7.88. The second kappa shape index (κ2) is 6.17. The minimum atomic E-state index is -0.376. The highest BCUT2D eigenvalue weighted by Crippen LogP contribution is 2.35. The molecule has 3 rings (SSSR count). The number of nitrogens with zero attached hydrogens (tertiary/aromatic N) is 1. The van der Waals surface area contributed by atoms with Crippen molar-refractivity contribution in [1.82, 2.24) is 10.2 Å². The van der Waals surface area contributed by atoms with Gasteiger partial charge in [-0.2, -0.15) is 5.10 Å². The normalized spacial score (nSPS) is 13.4. The van der Waals surface area contributed by atoms with Crippen LogP contribution in [0.15, 0.2) is 30.3 Å². The van der Waals surface area contributed by atoms with Gasteiger partial charge < -0.3 is 5.11 Å². The molecule has 2 aromatic carbocycles. The molecule has 0 bridgehead atoms. The Balaban J connectivity index is 2.04. The van der Waals surface area contributed by atoms with Crippen molar-refractivity contribution in [3.05, 3.63) is 58.5 Å². The van der Waals surface area contributed by atoms with Gasteiger partial charge in [0.05, 0.1) is 11.2 Å². The van der Waals surface area contributed by atoms with Gasteiger partial charge in [-0.05, 0) is 47.9 Å². The largest absolute Gasteiger partial charge is 0.508 e. The lowest BCUT2D eigenvalue weighted by atomic mass is 9.82. The van der Waals surface area contributed by atoms with Crippen molar-refractivity contribution in [3.63, 3.8) is 0 Å². The molecule has 132 valence electrons. The number of rotatable bonds is 3. The molecule has 0 aliphatic heterocycles. The summed E-state index contributed by atoms with van der Waals surface area (Å²) in [5, 5.41) is 18.8. The Kier molecular flexibility index (Phi) is 4.31. The lowest BCUT2D eigenvalue weighted by Crippen LogP contribution is -2.13. The molecule has 1 atom stereocenters. The molecule has 0 radical (unpaired) electrons. The Bertz CT molecular complexity index is 901. The van der Waals surface area contributed by atoms with E-state index in [2.05, 4.69) is 50.0 Å². The summed E-state index contributed by atoms with van der Waals surface area (Å²) < 4.78 is 14.1. The molecule has 0 amide bonds. The molecule has 0 spiro atoms. The van der Waals surface area contributed by atoms with Gasteiger partial charge in [0.1, 0.15) is 11.6 Å². The molecule has 0 fully saturated rings. The Morgan fingerprint density at radius 1 is 1.20 bits per heavy atom. The van der Waals surface area contributed by atoms with Crippen LogP contribution >= 0.6 is 0 Å². The Labute approximate surface area is 147 Å². The van der Waals surface area contributed by atoms with Gasteiger partial charge in [0, 0.05) is 10.9 Å². The van der Waals surface area contributed by atoms with Crippen LogP contribution in [0, 0.1) is 12.7 Å². The first-order chi connectivity index (χ1) is 11.7. The molecule has 4 heteroatoms. The van der Waals surface area contributed by atoms with Gasteiger partial charge in [0.15, 0.2) is 0 Å². The lowest BCUT2D eigenvalue weighted by molar-refractivity contribution is 0.450. The number of benzene rings is 2. The smallest absolute Gasteiger partial charge is 0.130 e. The summed E-state index contributed by atoms with van der Waals surface area (Å²) in [6, 6.07) is 8.62. The van der Waals surface area contributed by atoms with E-state index in [1.165, 1.54) is 29.3 Å². The predicted molar refractivity (Wildman–Crippen MR) is 99.7 cm³/mol. The molecule has 0 saturated heterocycles. The standard InChI is InChI=1S/C21H25FN2O/c1-12-9-10-14-16(23-24-20(14)19(12)21(3,4)5)11-13(2)18-15(22)7-6-8-17(18)25/h6-10,13,25H,11H2,1-5H3,(H,23,24). The zero-order chi connectivity index (χ0) is 18.4. The van der Waals surface area contributed by atoms with Gasteiger partial charge in [-0.15, -0.1) is 0 Å². The summed E-state index contributed by atoms with van der Waals surface area (Å²) in [6.07, 6.45) is 0.557. The van der Waals surface area contributed by atoms with Gasteiger partial charge in [0.2, 0.25) is 0 Å². The van der Waals surface area contributed by atoms with Gasteiger partial charge in [0.25, 0.3) is 0 Å². The van der Waals surface area contributed by atoms with Gasteiger partial charge >= 0.3 is 0 Å². The SMILES string of the molecule is Cc1ccc2c(CC(C)c3c(O)cccc3F)n[nH]c2c1C(C)(C)C. The number of fused-ring (bicyclic) bond motifs is 1. The maximum Gasteiger partial charge on any atom is 0.130 e. The Morgan fingerprint density at radius 2 is 1.92 bits per heavy atom. The topological polar surface area (TPSA) is 48.9 Å². The molecule has 3 nitrogen and oxygen atoms in total. The molecule has 0 saturated carbocycles. The number of H-pyrrole nitrogens is 1. The molecule has 1 unspecified atom stereocenters. The number of aromatic nitrogens is 2. The maximum absolute atomic E-state index is 14.1. The van der Waals surface area contributed by atoms with E-state index in [9.17, 15) is 9.50 Å². The van der Waals surface area contributed by atoms with E-state index >= 15 is 0 Å². The van der Waals surface area contributed by atoms with E-state index in [-0.39, 0.29) is 22.9 Å². The van der Waals surface area contributed by atoms with Crippen LogP contribution in [0.3, 0.4) is 0 Å². The quantitative estimate of drug-likeness (QED) is 0.674. The van der Waals surface area contributed by atoms with Crippen LogP contribution in [-0.4, -0.2) is 15.3 Å². The fraction of sp³-hybridized carbons (Fsp3) is 0.381. The van der Waals surface area contributed by atoms with Crippen molar-refractivity contribution in [2.45, 2.75) is 52.4 Å². The van der Waals surface area contributed by atoms with E-state index in [0.717, 1.165) is 16.6 Å². The number of phenols is 1. The second-order valence-corrected chi connectivity index (χ2v) is 7.88. The molecule has 2 N–H and O–H groups in total. The van der Waals surface area contributed by atoms with Crippen molar-refractivity contribution in [2.24, 2.45) is 0 Å². The Hall–Kier alpha value is -2.36. The maximum atomic E-state index is 14.1. The number of aromatic amines is 1. The Morgan fingerprint density at radius 3 is 2.56 bits per heavy atom. The van der Waals surface area contributed by atoms with Crippen molar-refractivity contribution in [1.29, 1.82) is 0 Å². The van der Waals surface area contributed by atoms with Gasteiger partial charge in [-0.1, -0.05) is 45.9 Å². The third kappa shape index (κ3) is 3.13. The molecule has 1 heterocycles. The van der Waals surface area contributed by atoms with Crippen LogP contribution in [-0.2, 0) is 11.8 Å². The van der Waals surface area contributed by atoms with Crippen LogP contribution in [0.25, 0.3) is 10.9 Å². The number of halogens is 1. The zero-order valence-electron chi connectivity index (χ0n) is 15.4. The fourth-order valence-electron chi connectivity index (χ4n) is 3.77. The van der Waals surface area contributed by atoms with E-state index in [1.54, 1.807) is 0 Å². The molecular formula is C21H25FN2O. The number of nitrogens with one attached hydrogen (secondary N) is 1. The first-order valence-corrected chi connectivity index (χ1v) is 8.64. The van der Waals surface area contributed by atoms with Crippen LogP contribution in [0.5, 0.6) is 5.75 Å². The van der Waals surface area contributed by atoms with Crippen molar-refractivity contribution < 1.29 is 9.50 Å². The number of phenolic OH excluding ortho intramolecular Hbond substituents is 1. The third-order valence-corrected chi connectivity index (χ3v) is 4.80. The fourth-order valence-corrected chi connectivity index (χ4v) is 3.77. The van der Waals surface area contributed by atoms with E-state index in [1.807, 2.05) is 6.92 Å². The summed E-state index contributed by atoms with van der Waals surface area (Å²) in [7, 11) is 0. The van der Waals surface area contributed by atoms with Crippen molar-refractivity contribution >= 4 is 10.9 Å². The summed E-state index contributed by atoms with van der Waals surface area (Å²) in [5.41, 5.74) is 4.79. The number of hydrogen-bond donors (Lipinski definition) is 2. The molecular weight excluding hydrogens is 315 g/mol. The van der Waals surface area contributed by atoms with Gasteiger partial charge in [-0.3, -0.25) is 5.10 Å². The summed E-state index contributed by atoms with van der Waals surface area (Å²) in [6.45, 7) is 10.6. The highest BCUT2D eigenvalue weighted by atomic mass is 19.1. The van der Waals surface area contributed by atoms with Crippen LogP contribution in [0.4, 0.5) is 4.39 Å². The summed E-state index contributed by atoms with van der Waals surface area (Å²) >= 11 is 0. The zero-order valence-corrected chi connectivity index (χ0v) is 15.4. The summed E-state index contributed by atoms with van der Waals surface area (Å²) in [4.78, 5) is 0. The molecule has 25 heavy (non-hydrogen) atoms. The summed E-state index contributed by atoms with van der Waals surface area (Å²) in [5.74, 6) is -0.552. The van der Waals surface area contributed by atoms with E-state index in [0.29, 0.717) is 12.0 Å². The average molecular weight is 340 g/mol. The molecule has 0 aliphatic carbocycles. The van der Waals surface area contributed by atoms with Crippen LogP contribution in [0.2, 0.25) is 0 Å². The average Bonchev–Trinajstić information content (AvgIpc) is 2.88. The number of hydrogen-bond acceptors (Lipinski definition) is 2. The highest BCUT2D eigenvalue weighted by molar-refractivity contribution is 5.86. The monoisotopic (exact) mass is 340 g/mol. The van der Waals surface area contributed by atoms with Crippen molar-refractivity contribution in [2.75, 3.05) is 0 Å². The van der Waals surface area contributed by atoms with E-state index in [4.69, 9.17) is 0 Å². The molecule has 3 aromatic rings. The first-order valence-electron chi connectivity index (χ1n) is 8.64. The lowest BCUT2D eigenvalue weighted by Gasteiger charge is -2.22. The minimum absolute atomic E-state index is 0.00133. The van der Waals surface area contributed by atoms with Crippen LogP contribution in [0.1, 0.15) is 56.0 Å². The highest BCUT2D eigenvalue weighted by Gasteiger charge is 2.23. The predicted octanol–water partition coefficient (Wildman–Crippen LogP) is 5.36. The third-order valence-electron chi connectivity index (χ3n) is 4.80. The van der Waals surface area contributed by atoms with Crippen LogP contribution < -0.4 is 0 Å². The molecule has 0 aliphatic rings. The van der Waals surface area contributed by atoms with Gasteiger partial charge in [-0.25, -0.2) is 4.39 Å². The first kappa shape index (κ1) is 17.5. The van der Waals surface area contributed by atoms with E-state index < -0.39 is 0 Å². The van der Waals surface area contributed by atoms with Crippen molar-refractivity contribution in [3.8, 4) is 5.75 Å². The molecule has 1 aromatic heterocycles. The minimum Gasteiger partial charge on any atom is -0.508 e. The number of aromatic hydroxyl groups is 1. The number of aryl methyl sites for hydroxylation is 1.